The summed E-state index contributed by atoms with van der Waals surface area (Å²) < 4.78 is 0. The molecule has 3 rings (SSSR count). The van der Waals surface area contributed by atoms with E-state index in [0.29, 0.717) is 19.5 Å². The standard InChI is InChI=1S/C23H26N2O2.C2H4/c1-2-3-12-22(26)24-16-15-23(27)25-17-20-10-5-4-8-18(20)13-14-19-9-6-7-11-21(19)25;1-2/h4-11,13-14H,2-3,12,15-17H2,1H3,(H,24,26);1-2H2/b14-13-;. The summed E-state index contributed by atoms with van der Waals surface area (Å²) in [6.45, 7) is 8.96. The van der Waals surface area contributed by atoms with Gasteiger partial charge in [0.15, 0.2) is 0 Å². The van der Waals surface area contributed by atoms with E-state index in [2.05, 4.69) is 49.7 Å². The lowest BCUT2D eigenvalue weighted by atomic mass is 10.0. The summed E-state index contributed by atoms with van der Waals surface area (Å²) in [4.78, 5) is 26.6. The molecule has 0 fully saturated rings. The highest BCUT2D eigenvalue weighted by molar-refractivity contribution is 5.97. The number of nitrogens with one attached hydrogen (secondary N) is 1. The molecule has 1 N–H and O–H groups in total. The first-order valence-corrected chi connectivity index (χ1v) is 10.1. The van der Waals surface area contributed by atoms with Crippen LogP contribution in [0.5, 0.6) is 0 Å². The molecule has 0 saturated heterocycles. The molecule has 2 aromatic carbocycles. The van der Waals surface area contributed by atoms with Crippen molar-refractivity contribution in [2.45, 2.75) is 39.2 Å². The highest BCUT2D eigenvalue weighted by Gasteiger charge is 2.20. The summed E-state index contributed by atoms with van der Waals surface area (Å²) in [5.74, 6) is 0.0364. The van der Waals surface area contributed by atoms with E-state index in [0.717, 1.165) is 35.2 Å². The number of nitrogens with zero attached hydrogens (tertiary/aromatic N) is 1. The number of amides is 2. The lowest BCUT2D eigenvalue weighted by Gasteiger charge is -2.27. The molecule has 152 valence electrons. The van der Waals surface area contributed by atoms with Gasteiger partial charge in [-0.2, -0.15) is 0 Å². The van der Waals surface area contributed by atoms with Gasteiger partial charge in [-0.15, -0.1) is 13.2 Å². The third-order valence-electron chi connectivity index (χ3n) is 4.77. The average Bonchev–Trinajstić information content (AvgIpc) is 2.75. The molecule has 0 radical (unpaired) electrons. The van der Waals surface area contributed by atoms with Gasteiger partial charge in [-0.05, 0) is 29.2 Å². The van der Waals surface area contributed by atoms with Crippen LogP contribution in [0.1, 0.15) is 49.3 Å². The largest absolute Gasteiger partial charge is 0.356 e. The van der Waals surface area contributed by atoms with Gasteiger partial charge < -0.3 is 10.2 Å². The molecule has 2 aromatic rings. The van der Waals surface area contributed by atoms with Gasteiger partial charge in [-0.25, -0.2) is 0 Å². The number of hydrogen-bond acceptors (Lipinski definition) is 2. The molecule has 1 heterocycles. The molecule has 29 heavy (non-hydrogen) atoms. The van der Waals surface area contributed by atoms with Gasteiger partial charge in [0, 0.05) is 19.4 Å². The molecule has 1 aliphatic heterocycles. The van der Waals surface area contributed by atoms with Crippen molar-refractivity contribution in [3.8, 4) is 0 Å². The van der Waals surface area contributed by atoms with Crippen molar-refractivity contribution in [2.24, 2.45) is 0 Å². The minimum Gasteiger partial charge on any atom is -0.356 e. The molecule has 0 unspecified atom stereocenters. The number of rotatable bonds is 6. The Labute approximate surface area is 173 Å². The number of carbonyl (C=O) groups is 2. The SMILES string of the molecule is C=C.CCCCC(=O)NCCC(=O)N1Cc2ccccc2/C=C\c2ccccc21. The second kappa shape index (κ2) is 11.6. The molecule has 0 aromatic heterocycles. The quantitative estimate of drug-likeness (QED) is 0.689. The van der Waals surface area contributed by atoms with Gasteiger partial charge in [0.2, 0.25) is 11.8 Å². The molecule has 1 aliphatic rings. The average molecular weight is 391 g/mol. The zero-order chi connectivity index (χ0) is 21.1. The van der Waals surface area contributed by atoms with Crippen LogP contribution in [0.15, 0.2) is 61.7 Å². The summed E-state index contributed by atoms with van der Waals surface area (Å²) in [6, 6.07) is 16.1. The Balaban J connectivity index is 0.00000145. The summed E-state index contributed by atoms with van der Waals surface area (Å²) in [5, 5.41) is 2.86. The minimum atomic E-state index is 0.0170. The summed E-state index contributed by atoms with van der Waals surface area (Å²) in [6.07, 6.45) is 6.84. The molecule has 0 spiro atoms. The van der Waals surface area contributed by atoms with Crippen molar-refractivity contribution in [3.05, 3.63) is 78.4 Å². The molecule has 4 heteroatoms. The van der Waals surface area contributed by atoms with E-state index in [-0.39, 0.29) is 18.2 Å². The van der Waals surface area contributed by atoms with Gasteiger partial charge in [0.25, 0.3) is 0 Å². The van der Waals surface area contributed by atoms with Gasteiger partial charge in [0.05, 0.1) is 12.2 Å². The van der Waals surface area contributed by atoms with Crippen LogP contribution in [0.2, 0.25) is 0 Å². The van der Waals surface area contributed by atoms with Gasteiger partial charge in [-0.1, -0.05) is 68.0 Å². The van der Waals surface area contributed by atoms with Crippen molar-refractivity contribution < 1.29 is 9.59 Å². The van der Waals surface area contributed by atoms with E-state index in [1.807, 2.05) is 41.3 Å². The Bertz CT molecular complexity index is 857. The van der Waals surface area contributed by atoms with E-state index in [9.17, 15) is 9.59 Å². The molecule has 0 atom stereocenters. The van der Waals surface area contributed by atoms with Gasteiger partial charge in [-0.3, -0.25) is 9.59 Å². The zero-order valence-electron chi connectivity index (χ0n) is 17.2. The number of hydrogen-bond donors (Lipinski definition) is 1. The van der Waals surface area contributed by atoms with Crippen molar-refractivity contribution in [2.75, 3.05) is 11.4 Å². The number of carbonyl (C=O) groups excluding carboxylic acids is 2. The monoisotopic (exact) mass is 390 g/mol. The molecular weight excluding hydrogens is 360 g/mol. The Morgan fingerprint density at radius 2 is 1.62 bits per heavy atom. The van der Waals surface area contributed by atoms with E-state index in [4.69, 9.17) is 0 Å². The zero-order valence-corrected chi connectivity index (χ0v) is 17.2. The second-order valence-corrected chi connectivity index (χ2v) is 6.77. The highest BCUT2D eigenvalue weighted by atomic mass is 16.2. The number of benzene rings is 2. The smallest absolute Gasteiger partial charge is 0.229 e. The predicted octanol–water partition coefficient (Wildman–Crippen LogP) is 5.20. The number of para-hydroxylation sites is 1. The van der Waals surface area contributed by atoms with Crippen LogP contribution in [0.3, 0.4) is 0 Å². The Morgan fingerprint density at radius 3 is 2.38 bits per heavy atom. The van der Waals surface area contributed by atoms with Crippen molar-refractivity contribution in [1.82, 2.24) is 5.32 Å². The normalized spacial score (nSPS) is 12.9. The van der Waals surface area contributed by atoms with E-state index in [1.54, 1.807) is 0 Å². The van der Waals surface area contributed by atoms with Crippen LogP contribution in [0.25, 0.3) is 12.2 Å². The highest BCUT2D eigenvalue weighted by Crippen LogP contribution is 2.29. The fourth-order valence-electron chi connectivity index (χ4n) is 3.24. The number of anilines is 1. The molecule has 0 bridgehead atoms. The maximum Gasteiger partial charge on any atom is 0.229 e. The van der Waals surface area contributed by atoms with Crippen molar-refractivity contribution in [3.63, 3.8) is 0 Å². The molecule has 0 aliphatic carbocycles. The Morgan fingerprint density at radius 1 is 0.966 bits per heavy atom. The molecular formula is C25H30N2O2. The Hall–Kier alpha value is -3.14. The lowest BCUT2D eigenvalue weighted by Crippen LogP contribution is -2.35. The fraction of sp³-hybridized carbons (Fsp3) is 0.280. The van der Waals surface area contributed by atoms with Crippen LogP contribution < -0.4 is 10.2 Å². The predicted molar refractivity (Wildman–Crippen MR) is 121 cm³/mol. The van der Waals surface area contributed by atoms with Crippen molar-refractivity contribution >= 4 is 29.7 Å². The molecule has 4 nitrogen and oxygen atoms in total. The van der Waals surface area contributed by atoms with Crippen LogP contribution >= 0.6 is 0 Å². The summed E-state index contributed by atoms with van der Waals surface area (Å²) in [7, 11) is 0. The lowest BCUT2D eigenvalue weighted by molar-refractivity contribution is -0.121. The van der Waals surface area contributed by atoms with Crippen LogP contribution in [0.4, 0.5) is 5.69 Å². The van der Waals surface area contributed by atoms with E-state index < -0.39 is 0 Å². The van der Waals surface area contributed by atoms with Crippen LogP contribution in [0, 0.1) is 0 Å². The Kier molecular flexibility index (Phi) is 8.90. The topological polar surface area (TPSA) is 49.4 Å². The summed E-state index contributed by atoms with van der Waals surface area (Å²) >= 11 is 0. The van der Waals surface area contributed by atoms with Crippen molar-refractivity contribution in [1.29, 1.82) is 0 Å². The van der Waals surface area contributed by atoms with E-state index >= 15 is 0 Å². The fourth-order valence-corrected chi connectivity index (χ4v) is 3.24. The number of unbranched alkanes of at least 4 members (excludes halogenated alkanes) is 1. The maximum absolute atomic E-state index is 13.0. The molecule has 0 saturated carbocycles. The third-order valence-corrected chi connectivity index (χ3v) is 4.77. The summed E-state index contributed by atoms with van der Waals surface area (Å²) in [5.41, 5.74) is 4.17. The molecule has 2 amide bonds. The first-order chi connectivity index (χ1) is 14.2. The van der Waals surface area contributed by atoms with Gasteiger partial charge in [0.1, 0.15) is 0 Å². The first kappa shape index (κ1) is 22.2. The first-order valence-electron chi connectivity index (χ1n) is 10.1. The van der Waals surface area contributed by atoms with Gasteiger partial charge >= 0.3 is 0 Å². The minimum absolute atomic E-state index is 0.0170. The van der Waals surface area contributed by atoms with Crippen LogP contribution in [-0.2, 0) is 16.1 Å². The van der Waals surface area contributed by atoms with E-state index in [1.165, 1.54) is 0 Å². The number of fused-ring (bicyclic) bond motifs is 2. The third kappa shape index (κ3) is 6.18. The van der Waals surface area contributed by atoms with Crippen LogP contribution in [-0.4, -0.2) is 18.4 Å². The maximum atomic E-state index is 13.0. The second-order valence-electron chi connectivity index (χ2n) is 6.77.